The molecule has 0 bridgehead atoms. The monoisotopic (exact) mass is 250 g/mol. The molecule has 4 heteroatoms. The Kier molecular flexibility index (Phi) is 3.60. The van der Waals surface area contributed by atoms with Crippen LogP contribution in [-0.2, 0) is 14.2 Å². The van der Waals surface area contributed by atoms with Gasteiger partial charge in [-0.3, -0.25) is 0 Å². The van der Waals surface area contributed by atoms with E-state index in [9.17, 15) is 0 Å². The van der Waals surface area contributed by atoms with Gasteiger partial charge in [-0.25, -0.2) is 0 Å². The van der Waals surface area contributed by atoms with Crippen molar-refractivity contribution in [3.8, 4) is 0 Å². The standard InChI is InChI=1S/C9H15BrO3/c10-8-5-11-6-9(8)13-4-7-2-1-3-12-7/h7-9H,1-6H2. The Balaban J connectivity index is 1.66. The molecule has 13 heavy (non-hydrogen) atoms. The smallest absolute Gasteiger partial charge is 0.0956 e. The molecule has 2 rings (SSSR count). The first-order chi connectivity index (χ1) is 6.36. The highest BCUT2D eigenvalue weighted by atomic mass is 79.9. The first kappa shape index (κ1) is 9.90. The lowest BCUT2D eigenvalue weighted by atomic mass is 10.2. The molecule has 0 amide bonds. The Bertz CT molecular complexity index is 159. The van der Waals surface area contributed by atoms with Gasteiger partial charge < -0.3 is 14.2 Å². The first-order valence-corrected chi connectivity index (χ1v) is 5.73. The number of ether oxygens (including phenoxy) is 3. The fourth-order valence-corrected chi connectivity index (χ4v) is 2.16. The highest BCUT2D eigenvalue weighted by Crippen LogP contribution is 2.19. The van der Waals surface area contributed by atoms with Crippen LogP contribution in [0.4, 0.5) is 0 Å². The van der Waals surface area contributed by atoms with Crippen LogP contribution >= 0.6 is 15.9 Å². The number of halogens is 1. The third kappa shape index (κ3) is 2.65. The summed E-state index contributed by atoms with van der Waals surface area (Å²) < 4.78 is 16.4. The minimum absolute atomic E-state index is 0.212. The Labute approximate surface area is 86.9 Å². The highest BCUT2D eigenvalue weighted by Gasteiger charge is 2.28. The van der Waals surface area contributed by atoms with Crippen LogP contribution in [0.2, 0.25) is 0 Å². The van der Waals surface area contributed by atoms with Crippen LogP contribution in [0.5, 0.6) is 0 Å². The van der Waals surface area contributed by atoms with Crippen LogP contribution in [0.25, 0.3) is 0 Å². The average molecular weight is 251 g/mol. The molecule has 3 unspecified atom stereocenters. The van der Waals surface area contributed by atoms with Crippen molar-refractivity contribution < 1.29 is 14.2 Å². The van der Waals surface area contributed by atoms with Gasteiger partial charge in [-0.15, -0.1) is 0 Å². The van der Waals surface area contributed by atoms with Crippen molar-refractivity contribution in [2.45, 2.75) is 29.9 Å². The molecular weight excluding hydrogens is 236 g/mol. The van der Waals surface area contributed by atoms with E-state index in [0.29, 0.717) is 17.5 Å². The maximum absolute atomic E-state index is 5.70. The van der Waals surface area contributed by atoms with E-state index in [4.69, 9.17) is 14.2 Å². The van der Waals surface area contributed by atoms with Crippen molar-refractivity contribution in [3.05, 3.63) is 0 Å². The van der Waals surface area contributed by atoms with Crippen LogP contribution < -0.4 is 0 Å². The minimum atomic E-state index is 0.212. The highest BCUT2D eigenvalue weighted by molar-refractivity contribution is 9.09. The van der Waals surface area contributed by atoms with Gasteiger partial charge in [0.1, 0.15) is 0 Å². The minimum Gasteiger partial charge on any atom is -0.377 e. The van der Waals surface area contributed by atoms with Gasteiger partial charge in [0.05, 0.1) is 36.9 Å². The Morgan fingerprint density at radius 3 is 2.92 bits per heavy atom. The van der Waals surface area contributed by atoms with Crippen molar-refractivity contribution in [1.82, 2.24) is 0 Å². The van der Waals surface area contributed by atoms with E-state index < -0.39 is 0 Å². The predicted octanol–water partition coefficient (Wildman–Crippen LogP) is 1.34. The van der Waals surface area contributed by atoms with Crippen LogP contribution in [-0.4, -0.2) is 43.5 Å². The van der Waals surface area contributed by atoms with Crippen LogP contribution in [0.3, 0.4) is 0 Å². The van der Waals surface area contributed by atoms with Gasteiger partial charge in [0.15, 0.2) is 0 Å². The van der Waals surface area contributed by atoms with E-state index in [2.05, 4.69) is 15.9 Å². The molecule has 0 spiro atoms. The summed E-state index contributed by atoms with van der Waals surface area (Å²) in [6.45, 7) is 3.09. The molecule has 2 fully saturated rings. The molecule has 0 saturated carbocycles. The van der Waals surface area contributed by atoms with Gasteiger partial charge >= 0.3 is 0 Å². The SMILES string of the molecule is BrC1COCC1OCC1CCCO1. The maximum Gasteiger partial charge on any atom is 0.0956 e. The zero-order chi connectivity index (χ0) is 9.10. The third-order valence-electron chi connectivity index (χ3n) is 2.48. The van der Waals surface area contributed by atoms with Crippen molar-refractivity contribution in [3.63, 3.8) is 0 Å². The van der Waals surface area contributed by atoms with Gasteiger partial charge in [0.2, 0.25) is 0 Å². The molecule has 3 atom stereocenters. The van der Waals surface area contributed by atoms with Crippen molar-refractivity contribution >= 4 is 15.9 Å². The van der Waals surface area contributed by atoms with E-state index in [1.807, 2.05) is 0 Å². The number of alkyl halides is 1. The third-order valence-corrected chi connectivity index (χ3v) is 3.34. The molecule has 2 aliphatic rings. The van der Waals surface area contributed by atoms with Gasteiger partial charge in [0.25, 0.3) is 0 Å². The molecule has 0 N–H and O–H groups in total. The predicted molar refractivity (Wildman–Crippen MR) is 52.2 cm³/mol. The second kappa shape index (κ2) is 4.73. The van der Waals surface area contributed by atoms with E-state index in [1.54, 1.807) is 0 Å². The molecule has 0 aromatic carbocycles. The fraction of sp³-hybridized carbons (Fsp3) is 1.00. The summed E-state index contributed by atoms with van der Waals surface area (Å²) in [6, 6.07) is 0. The van der Waals surface area contributed by atoms with Crippen LogP contribution in [0.1, 0.15) is 12.8 Å². The van der Waals surface area contributed by atoms with Crippen molar-refractivity contribution in [2.75, 3.05) is 26.4 Å². The molecule has 0 aromatic rings. The number of hydrogen-bond donors (Lipinski definition) is 0. The molecule has 3 nitrogen and oxygen atoms in total. The summed E-state index contributed by atoms with van der Waals surface area (Å²) in [5.74, 6) is 0. The zero-order valence-corrected chi connectivity index (χ0v) is 9.16. The summed E-state index contributed by atoms with van der Waals surface area (Å²) >= 11 is 3.52. The zero-order valence-electron chi connectivity index (χ0n) is 7.58. The van der Waals surface area contributed by atoms with Crippen molar-refractivity contribution in [2.24, 2.45) is 0 Å². The molecule has 0 aromatic heterocycles. The lowest BCUT2D eigenvalue weighted by molar-refractivity contribution is -0.0208. The average Bonchev–Trinajstić information content (AvgIpc) is 2.72. The normalized spacial score (nSPS) is 39.9. The quantitative estimate of drug-likeness (QED) is 0.708. The fourth-order valence-electron chi connectivity index (χ4n) is 1.67. The molecule has 2 heterocycles. The Morgan fingerprint density at radius 1 is 1.38 bits per heavy atom. The van der Waals surface area contributed by atoms with Gasteiger partial charge in [0, 0.05) is 6.61 Å². The molecule has 2 aliphatic heterocycles. The van der Waals surface area contributed by atoms with Crippen LogP contribution in [0.15, 0.2) is 0 Å². The summed E-state index contributed by atoms with van der Waals surface area (Å²) in [6.07, 6.45) is 2.84. The first-order valence-electron chi connectivity index (χ1n) is 4.81. The topological polar surface area (TPSA) is 27.7 Å². The summed E-state index contributed by atoms with van der Waals surface area (Å²) in [5, 5.41) is 0. The Morgan fingerprint density at radius 2 is 2.31 bits per heavy atom. The lowest BCUT2D eigenvalue weighted by Crippen LogP contribution is -2.27. The largest absolute Gasteiger partial charge is 0.377 e. The molecule has 0 aliphatic carbocycles. The van der Waals surface area contributed by atoms with E-state index in [1.165, 1.54) is 6.42 Å². The summed E-state index contributed by atoms with van der Waals surface area (Å²) in [4.78, 5) is 0.355. The number of rotatable bonds is 3. The Hall–Kier alpha value is 0.360. The number of hydrogen-bond acceptors (Lipinski definition) is 3. The van der Waals surface area contributed by atoms with Gasteiger partial charge in [-0.2, -0.15) is 0 Å². The van der Waals surface area contributed by atoms with Crippen LogP contribution in [0, 0.1) is 0 Å². The van der Waals surface area contributed by atoms with E-state index in [0.717, 1.165) is 26.2 Å². The maximum atomic E-state index is 5.70. The second-order valence-corrected chi connectivity index (χ2v) is 4.74. The molecule has 76 valence electrons. The molecule has 2 saturated heterocycles. The second-order valence-electron chi connectivity index (χ2n) is 3.56. The lowest BCUT2D eigenvalue weighted by Gasteiger charge is -2.16. The molecule has 0 radical (unpaired) electrons. The molecular formula is C9H15BrO3. The van der Waals surface area contributed by atoms with Crippen molar-refractivity contribution in [1.29, 1.82) is 0 Å². The summed E-state index contributed by atoms with van der Waals surface area (Å²) in [5.41, 5.74) is 0. The van der Waals surface area contributed by atoms with Gasteiger partial charge in [-0.1, -0.05) is 15.9 Å². The summed E-state index contributed by atoms with van der Waals surface area (Å²) in [7, 11) is 0. The van der Waals surface area contributed by atoms with Gasteiger partial charge in [-0.05, 0) is 12.8 Å². The van der Waals surface area contributed by atoms with E-state index >= 15 is 0 Å². The van der Waals surface area contributed by atoms with E-state index in [-0.39, 0.29) is 6.10 Å².